The monoisotopic (exact) mass is 109 g/mol. The topological polar surface area (TPSA) is 0 Å². The molecule has 7 heavy (non-hydrogen) atoms. The van der Waals surface area contributed by atoms with Gasteiger partial charge in [0.2, 0.25) is 0 Å². The number of hydrogen-bond acceptors (Lipinski definition) is 1. The quantitative estimate of drug-likeness (QED) is 0.426. The van der Waals surface area contributed by atoms with Gasteiger partial charge in [0.15, 0.2) is 0 Å². The molecule has 0 heterocycles. The average Bonchev–Trinajstić information content (AvgIpc) is 1.69. The molecule has 0 N–H and O–H groups in total. The Morgan fingerprint density at radius 3 is 2.86 bits per heavy atom. The van der Waals surface area contributed by atoms with Crippen LogP contribution < -0.4 is 0 Å². The van der Waals surface area contributed by atoms with Gasteiger partial charge < -0.3 is 0 Å². The molecule has 0 atom stereocenters. The number of hydrogen-bond donors (Lipinski definition) is 0. The molecular weight excluding hydrogens is 104 g/mol. The summed E-state index contributed by atoms with van der Waals surface area (Å²) >= 11 is 4.84. The fraction of sp³-hybridized carbons (Fsp3) is 0.167. The lowest BCUT2D eigenvalue weighted by Gasteiger charge is -1.91. The molecular formula is C6H5S. The molecule has 0 aromatic carbocycles. The van der Waals surface area contributed by atoms with E-state index in [-0.39, 0.29) is 0 Å². The first-order valence-electron chi connectivity index (χ1n) is 2.17. The molecule has 0 nitrogen and oxygen atoms in total. The first kappa shape index (κ1) is 4.72. The van der Waals surface area contributed by atoms with E-state index in [2.05, 4.69) is 6.08 Å². The normalized spacial score (nSPS) is 18.0. The maximum absolute atomic E-state index is 4.84. The summed E-state index contributed by atoms with van der Waals surface area (Å²) in [6.45, 7) is 0. The molecule has 0 amide bonds. The van der Waals surface area contributed by atoms with Crippen LogP contribution in [0.3, 0.4) is 0 Å². The molecule has 0 aromatic rings. The molecule has 1 heteroatoms. The summed E-state index contributed by atoms with van der Waals surface area (Å²) in [4.78, 5) is 0.975. The molecule has 1 radical (unpaired) electrons. The molecule has 0 spiro atoms. The summed E-state index contributed by atoms with van der Waals surface area (Å²) in [7, 11) is 0. The van der Waals surface area contributed by atoms with Crippen molar-refractivity contribution in [1.82, 2.24) is 0 Å². The zero-order valence-corrected chi connectivity index (χ0v) is 4.66. The number of allylic oxidation sites excluding steroid dienone is 4. The first-order valence-corrected chi connectivity index (χ1v) is 2.57. The SMILES string of the molecule is S=C1C=[C]C=CC1. The van der Waals surface area contributed by atoms with E-state index in [1.807, 2.05) is 18.2 Å². The lowest BCUT2D eigenvalue weighted by Crippen LogP contribution is -1.87. The highest BCUT2D eigenvalue weighted by Gasteiger charge is 1.88. The number of rotatable bonds is 0. The maximum atomic E-state index is 4.84. The second kappa shape index (κ2) is 2.03. The lowest BCUT2D eigenvalue weighted by atomic mass is 10.2. The van der Waals surface area contributed by atoms with Crippen molar-refractivity contribution in [2.75, 3.05) is 0 Å². The van der Waals surface area contributed by atoms with Crippen LogP contribution in [0.2, 0.25) is 0 Å². The minimum absolute atomic E-state index is 0.919. The second-order valence-electron chi connectivity index (χ2n) is 1.38. The van der Waals surface area contributed by atoms with E-state index in [9.17, 15) is 0 Å². The van der Waals surface area contributed by atoms with Crippen LogP contribution >= 0.6 is 12.2 Å². The molecule has 0 unspecified atom stereocenters. The summed E-state index contributed by atoms with van der Waals surface area (Å²) in [6, 6.07) is 0. The van der Waals surface area contributed by atoms with E-state index in [4.69, 9.17) is 12.2 Å². The van der Waals surface area contributed by atoms with Crippen LogP contribution in [0.25, 0.3) is 0 Å². The summed E-state index contributed by atoms with van der Waals surface area (Å²) in [5.74, 6) is 0. The van der Waals surface area contributed by atoms with Gasteiger partial charge in [0.25, 0.3) is 0 Å². The zero-order chi connectivity index (χ0) is 5.11. The van der Waals surface area contributed by atoms with Crippen LogP contribution in [0.1, 0.15) is 6.42 Å². The van der Waals surface area contributed by atoms with Crippen molar-refractivity contribution in [3.63, 3.8) is 0 Å². The summed E-state index contributed by atoms with van der Waals surface area (Å²) in [6.07, 6.45) is 9.52. The highest BCUT2D eigenvalue weighted by Crippen LogP contribution is 1.96. The van der Waals surface area contributed by atoms with Gasteiger partial charge in [-0.1, -0.05) is 24.4 Å². The molecule has 1 aliphatic carbocycles. The summed E-state index contributed by atoms with van der Waals surface area (Å²) in [5, 5.41) is 0. The third-order valence-corrected chi connectivity index (χ3v) is 1.06. The van der Waals surface area contributed by atoms with Crippen LogP contribution in [0.15, 0.2) is 18.2 Å². The third-order valence-electron chi connectivity index (χ3n) is 0.777. The molecule has 0 aliphatic heterocycles. The lowest BCUT2D eigenvalue weighted by molar-refractivity contribution is 1.49. The van der Waals surface area contributed by atoms with Crippen molar-refractivity contribution in [2.24, 2.45) is 0 Å². The standard InChI is InChI=1S/C6H5S/c7-6-4-2-1-3-5-6/h1-2,5H,4H2. The Kier molecular flexibility index (Phi) is 1.37. The van der Waals surface area contributed by atoms with Crippen molar-refractivity contribution < 1.29 is 0 Å². The fourth-order valence-corrected chi connectivity index (χ4v) is 0.607. The average molecular weight is 109 g/mol. The fourth-order valence-electron chi connectivity index (χ4n) is 0.443. The van der Waals surface area contributed by atoms with Crippen LogP contribution in [0, 0.1) is 6.08 Å². The summed E-state index contributed by atoms with van der Waals surface area (Å²) < 4.78 is 0. The van der Waals surface area contributed by atoms with Crippen LogP contribution in [0.4, 0.5) is 0 Å². The zero-order valence-electron chi connectivity index (χ0n) is 3.85. The first-order chi connectivity index (χ1) is 3.39. The van der Waals surface area contributed by atoms with Crippen LogP contribution in [-0.2, 0) is 0 Å². The van der Waals surface area contributed by atoms with Gasteiger partial charge in [-0.15, -0.1) is 0 Å². The molecule has 0 saturated carbocycles. The van der Waals surface area contributed by atoms with Crippen molar-refractivity contribution in [3.05, 3.63) is 24.3 Å². The minimum atomic E-state index is 0.919. The van der Waals surface area contributed by atoms with Gasteiger partial charge in [-0.3, -0.25) is 0 Å². The van der Waals surface area contributed by atoms with Gasteiger partial charge in [0.1, 0.15) is 0 Å². The maximum Gasteiger partial charge on any atom is 0.0196 e. The van der Waals surface area contributed by atoms with E-state index in [0.717, 1.165) is 11.3 Å². The van der Waals surface area contributed by atoms with Gasteiger partial charge in [-0.05, 0) is 12.2 Å². The molecule has 1 aliphatic rings. The van der Waals surface area contributed by atoms with Crippen molar-refractivity contribution in [1.29, 1.82) is 0 Å². The van der Waals surface area contributed by atoms with E-state index in [0.29, 0.717) is 0 Å². The molecule has 0 saturated heterocycles. The van der Waals surface area contributed by atoms with E-state index < -0.39 is 0 Å². The Morgan fingerprint density at radius 1 is 1.71 bits per heavy atom. The highest BCUT2D eigenvalue weighted by atomic mass is 32.1. The molecule has 0 fully saturated rings. The van der Waals surface area contributed by atoms with Crippen molar-refractivity contribution >= 4 is 17.1 Å². The molecule has 35 valence electrons. The van der Waals surface area contributed by atoms with E-state index in [1.165, 1.54) is 0 Å². The molecule has 0 bridgehead atoms. The Bertz CT molecular complexity index is 131. The largest absolute Gasteiger partial charge is 0.0846 e. The van der Waals surface area contributed by atoms with Crippen LogP contribution in [0.5, 0.6) is 0 Å². The highest BCUT2D eigenvalue weighted by molar-refractivity contribution is 7.80. The van der Waals surface area contributed by atoms with Gasteiger partial charge in [0, 0.05) is 11.3 Å². The summed E-state index contributed by atoms with van der Waals surface area (Å²) in [5.41, 5.74) is 0. The van der Waals surface area contributed by atoms with Crippen LogP contribution in [-0.4, -0.2) is 4.86 Å². The predicted octanol–water partition coefficient (Wildman–Crippen LogP) is 1.68. The van der Waals surface area contributed by atoms with Crippen molar-refractivity contribution in [2.45, 2.75) is 6.42 Å². The van der Waals surface area contributed by atoms with Gasteiger partial charge >= 0.3 is 0 Å². The van der Waals surface area contributed by atoms with E-state index in [1.54, 1.807) is 0 Å². The smallest absolute Gasteiger partial charge is 0.0196 e. The van der Waals surface area contributed by atoms with Crippen molar-refractivity contribution in [3.8, 4) is 0 Å². The third kappa shape index (κ3) is 1.24. The Balaban J connectivity index is 2.66. The van der Waals surface area contributed by atoms with Gasteiger partial charge in [-0.2, -0.15) is 0 Å². The van der Waals surface area contributed by atoms with Gasteiger partial charge in [0.05, 0.1) is 0 Å². The number of thiocarbonyl (C=S) groups is 1. The Morgan fingerprint density at radius 2 is 2.57 bits per heavy atom. The van der Waals surface area contributed by atoms with Gasteiger partial charge in [-0.25, -0.2) is 0 Å². The Labute approximate surface area is 48.5 Å². The predicted molar refractivity (Wildman–Crippen MR) is 34.2 cm³/mol. The Hall–Kier alpha value is -0.430. The second-order valence-corrected chi connectivity index (χ2v) is 1.91. The molecule has 0 aromatic heterocycles. The van der Waals surface area contributed by atoms with E-state index >= 15 is 0 Å². The minimum Gasteiger partial charge on any atom is -0.0846 e. The molecule has 1 rings (SSSR count).